The van der Waals surface area contributed by atoms with Crippen LogP contribution in [-0.2, 0) is 6.42 Å². The summed E-state index contributed by atoms with van der Waals surface area (Å²) in [5.41, 5.74) is 1.07. The summed E-state index contributed by atoms with van der Waals surface area (Å²) in [6.07, 6.45) is 2.57. The van der Waals surface area contributed by atoms with Crippen LogP contribution in [0.5, 0.6) is 0 Å². The largest absolute Gasteiger partial charge is 0.469 e. The van der Waals surface area contributed by atoms with Crippen LogP contribution in [0.3, 0.4) is 0 Å². The topological polar surface area (TPSA) is 25.2 Å². The van der Waals surface area contributed by atoms with Gasteiger partial charge in [0.2, 0.25) is 0 Å². The van der Waals surface area contributed by atoms with Gasteiger partial charge in [-0.1, -0.05) is 11.6 Å². The van der Waals surface area contributed by atoms with E-state index < -0.39 is 0 Å². The highest BCUT2D eigenvalue weighted by Gasteiger charge is 2.05. The van der Waals surface area contributed by atoms with Crippen molar-refractivity contribution in [2.75, 3.05) is 5.32 Å². The van der Waals surface area contributed by atoms with E-state index in [-0.39, 0.29) is 0 Å². The molecule has 2 rings (SSSR count). The van der Waals surface area contributed by atoms with E-state index in [1.54, 1.807) is 6.26 Å². The minimum atomic E-state index is 0.326. The number of nitrogens with one attached hydrogen (secondary N) is 1. The highest BCUT2D eigenvalue weighted by atomic mass is 35.5. The molecule has 1 aromatic heterocycles. The Bertz CT molecular complexity index is 422. The number of furan rings is 1. The molecule has 1 heterocycles. The standard InChI is InChI=1S/C13H14ClNO/c1-10(9-13-3-2-8-16-13)15-12-6-4-11(14)5-7-12/h2-8,10,15H,9H2,1H3. The molecule has 0 aliphatic heterocycles. The first-order valence-electron chi connectivity index (χ1n) is 5.28. The molecule has 1 atom stereocenters. The third-order valence-electron chi connectivity index (χ3n) is 2.34. The first-order chi connectivity index (χ1) is 7.74. The fourth-order valence-electron chi connectivity index (χ4n) is 1.61. The molecule has 2 aromatic rings. The molecule has 0 spiro atoms. The Hall–Kier alpha value is -1.41. The third-order valence-corrected chi connectivity index (χ3v) is 2.60. The van der Waals surface area contributed by atoms with Crippen LogP contribution in [0.1, 0.15) is 12.7 Å². The Morgan fingerprint density at radius 1 is 1.25 bits per heavy atom. The predicted molar refractivity (Wildman–Crippen MR) is 66.9 cm³/mol. The van der Waals surface area contributed by atoms with Gasteiger partial charge >= 0.3 is 0 Å². The van der Waals surface area contributed by atoms with Gasteiger partial charge in [0.25, 0.3) is 0 Å². The van der Waals surface area contributed by atoms with Crippen LogP contribution in [-0.4, -0.2) is 6.04 Å². The lowest BCUT2D eigenvalue weighted by atomic mass is 10.2. The van der Waals surface area contributed by atoms with Crippen LogP contribution in [0.2, 0.25) is 5.02 Å². The van der Waals surface area contributed by atoms with Gasteiger partial charge < -0.3 is 9.73 Å². The monoisotopic (exact) mass is 235 g/mol. The van der Waals surface area contributed by atoms with Crippen LogP contribution in [0.15, 0.2) is 47.1 Å². The summed E-state index contributed by atoms with van der Waals surface area (Å²) in [5.74, 6) is 0.994. The number of hydrogen-bond acceptors (Lipinski definition) is 2. The number of benzene rings is 1. The van der Waals surface area contributed by atoms with Gasteiger partial charge in [-0.15, -0.1) is 0 Å². The highest BCUT2D eigenvalue weighted by molar-refractivity contribution is 6.30. The lowest BCUT2D eigenvalue weighted by Gasteiger charge is -2.13. The average Bonchev–Trinajstić information content (AvgIpc) is 2.74. The zero-order chi connectivity index (χ0) is 11.4. The third kappa shape index (κ3) is 3.04. The molecule has 0 radical (unpaired) electrons. The second kappa shape index (κ2) is 5.08. The maximum atomic E-state index is 5.82. The molecule has 3 heteroatoms. The van der Waals surface area contributed by atoms with Gasteiger partial charge in [0.15, 0.2) is 0 Å². The fourth-order valence-corrected chi connectivity index (χ4v) is 1.74. The summed E-state index contributed by atoms with van der Waals surface area (Å²) in [5, 5.41) is 4.14. The molecule has 16 heavy (non-hydrogen) atoms. The van der Waals surface area contributed by atoms with Crippen molar-refractivity contribution in [3.63, 3.8) is 0 Å². The van der Waals surface area contributed by atoms with Gasteiger partial charge in [-0.3, -0.25) is 0 Å². The highest BCUT2D eigenvalue weighted by Crippen LogP contribution is 2.15. The Kier molecular flexibility index (Phi) is 3.52. The first kappa shape index (κ1) is 11.1. The van der Waals surface area contributed by atoms with Crippen LogP contribution in [0.4, 0.5) is 5.69 Å². The first-order valence-corrected chi connectivity index (χ1v) is 5.66. The van der Waals surface area contributed by atoms with E-state index in [1.165, 1.54) is 0 Å². The van der Waals surface area contributed by atoms with Gasteiger partial charge in [-0.25, -0.2) is 0 Å². The number of halogens is 1. The molecular weight excluding hydrogens is 222 g/mol. The van der Waals surface area contributed by atoms with Crippen molar-refractivity contribution in [2.45, 2.75) is 19.4 Å². The second-order valence-electron chi connectivity index (χ2n) is 3.84. The molecule has 0 amide bonds. The van der Waals surface area contributed by atoms with E-state index in [0.29, 0.717) is 6.04 Å². The number of hydrogen-bond donors (Lipinski definition) is 1. The maximum Gasteiger partial charge on any atom is 0.105 e. The van der Waals surface area contributed by atoms with E-state index in [0.717, 1.165) is 22.9 Å². The van der Waals surface area contributed by atoms with Crippen molar-refractivity contribution in [2.24, 2.45) is 0 Å². The van der Waals surface area contributed by atoms with Crippen LogP contribution in [0, 0.1) is 0 Å². The van der Waals surface area contributed by atoms with E-state index in [2.05, 4.69) is 12.2 Å². The van der Waals surface area contributed by atoms with Crippen molar-refractivity contribution in [1.29, 1.82) is 0 Å². The van der Waals surface area contributed by atoms with Crippen molar-refractivity contribution in [1.82, 2.24) is 0 Å². The normalized spacial score (nSPS) is 12.4. The van der Waals surface area contributed by atoms with Crippen LogP contribution < -0.4 is 5.32 Å². The van der Waals surface area contributed by atoms with Crippen molar-refractivity contribution in [3.05, 3.63) is 53.4 Å². The Balaban J connectivity index is 1.92. The molecule has 0 saturated heterocycles. The summed E-state index contributed by atoms with van der Waals surface area (Å²) < 4.78 is 5.30. The van der Waals surface area contributed by atoms with E-state index in [9.17, 15) is 0 Å². The zero-order valence-corrected chi connectivity index (χ0v) is 9.87. The van der Waals surface area contributed by atoms with Crippen molar-refractivity contribution >= 4 is 17.3 Å². The maximum absolute atomic E-state index is 5.82. The minimum Gasteiger partial charge on any atom is -0.469 e. The van der Waals surface area contributed by atoms with Crippen LogP contribution >= 0.6 is 11.6 Å². The van der Waals surface area contributed by atoms with Gasteiger partial charge in [0.1, 0.15) is 5.76 Å². The summed E-state index contributed by atoms with van der Waals surface area (Å²) >= 11 is 5.82. The van der Waals surface area contributed by atoms with Crippen molar-refractivity contribution < 1.29 is 4.42 Å². The summed E-state index contributed by atoms with van der Waals surface area (Å²) in [4.78, 5) is 0. The molecule has 0 saturated carbocycles. The molecule has 0 aliphatic rings. The average molecular weight is 236 g/mol. The summed E-state index contributed by atoms with van der Waals surface area (Å²) in [7, 11) is 0. The number of rotatable bonds is 4. The lowest BCUT2D eigenvalue weighted by Crippen LogP contribution is -2.17. The molecule has 1 N–H and O–H groups in total. The van der Waals surface area contributed by atoms with E-state index in [4.69, 9.17) is 16.0 Å². The molecule has 0 bridgehead atoms. The zero-order valence-electron chi connectivity index (χ0n) is 9.11. The van der Waals surface area contributed by atoms with Crippen LogP contribution in [0.25, 0.3) is 0 Å². The van der Waals surface area contributed by atoms with E-state index >= 15 is 0 Å². The molecule has 1 unspecified atom stereocenters. The van der Waals surface area contributed by atoms with Crippen molar-refractivity contribution in [3.8, 4) is 0 Å². The molecule has 1 aromatic carbocycles. The minimum absolute atomic E-state index is 0.326. The predicted octanol–water partition coefficient (Wildman–Crippen LogP) is 3.98. The molecule has 2 nitrogen and oxygen atoms in total. The van der Waals surface area contributed by atoms with Gasteiger partial charge in [0.05, 0.1) is 6.26 Å². The summed E-state index contributed by atoms with van der Waals surface area (Å²) in [6, 6.07) is 11.9. The van der Waals surface area contributed by atoms with E-state index in [1.807, 2.05) is 36.4 Å². The van der Waals surface area contributed by atoms with Gasteiger partial charge in [-0.05, 0) is 43.3 Å². The fraction of sp³-hybridized carbons (Fsp3) is 0.231. The van der Waals surface area contributed by atoms with Gasteiger partial charge in [0, 0.05) is 23.2 Å². The molecule has 0 fully saturated rings. The molecule has 84 valence electrons. The summed E-state index contributed by atoms with van der Waals surface area (Å²) in [6.45, 7) is 2.12. The quantitative estimate of drug-likeness (QED) is 0.867. The smallest absolute Gasteiger partial charge is 0.105 e. The lowest BCUT2D eigenvalue weighted by molar-refractivity contribution is 0.498. The molecular formula is C13H14ClNO. The Morgan fingerprint density at radius 2 is 2.00 bits per heavy atom. The Labute approximate surface area is 100 Å². The van der Waals surface area contributed by atoms with Gasteiger partial charge in [-0.2, -0.15) is 0 Å². The SMILES string of the molecule is CC(Cc1ccco1)Nc1ccc(Cl)cc1. The second-order valence-corrected chi connectivity index (χ2v) is 4.27. The molecule has 0 aliphatic carbocycles. The number of anilines is 1. The Morgan fingerprint density at radius 3 is 2.62 bits per heavy atom.